The van der Waals surface area contributed by atoms with E-state index in [1.54, 1.807) is 0 Å². The molecule has 2 aromatic rings. The van der Waals surface area contributed by atoms with E-state index in [-0.39, 0.29) is 0 Å². The number of terminal acetylenes is 1. The zero-order valence-corrected chi connectivity index (χ0v) is 19.0. The molecule has 152 valence electrons. The molecule has 1 atom stereocenters. The molecular weight excluding hydrogens is 342 g/mol. The summed E-state index contributed by atoms with van der Waals surface area (Å²) in [6.07, 6.45) is 11.2. The highest BCUT2D eigenvalue weighted by atomic mass is 15.1. The second-order valence-corrected chi connectivity index (χ2v) is 7.99. The van der Waals surface area contributed by atoms with Gasteiger partial charge >= 0.3 is 0 Å². The number of nitrogens with zero attached hydrogens (tertiary/aromatic N) is 3. The Balaban J connectivity index is 0.00000190. The van der Waals surface area contributed by atoms with Gasteiger partial charge in [-0.05, 0) is 54.9 Å². The van der Waals surface area contributed by atoms with Crippen LogP contribution in [-0.2, 0) is 12.8 Å². The van der Waals surface area contributed by atoms with E-state index in [4.69, 9.17) is 9.97 Å². The van der Waals surface area contributed by atoms with Gasteiger partial charge in [0, 0.05) is 31.0 Å². The molecule has 0 unspecified atom stereocenters. The highest BCUT2D eigenvalue weighted by molar-refractivity contribution is 5.69. The van der Waals surface area contributed by atoms with Crippen LogP contribution in [0.1, 0.15) is 69.5 Å². The van der Waals surface area contributed by atoms with Crippen molar-refractivity contribution in [3.05, 3.63) is 40.7 Å². The first kappa shape index (κ1) is 23.7. The fraction of sp³-hybridized carbons (Fsp3) is 0.520. The molecule has 0 aliphatic carbocycles. The first-order valence-electron chi connectivity index (χ1n) is 10.3. The van der Waals surface area contributed by atoms with Crippen LogP contribution in [-0.4, -0.2) is 24.1 Å². The number of aryl methyl sites for hydroxylation is 2. The van der Waals surface area contributed by atoms with Crippen molar-refractivity contribution in [2.75, 3.05) is 19.0 Å². The molecule has 2 aromatic heterocycles. The van der Waals surface area contributed by atoms with Gasteiger partial charge in [0.05, 0.1) is 5.69 Å². The van der Waals surface area contributed by atoms with E-state index >= 15 is 0 Å². The predicted molar refractivity (Wildman–Crippen MR) is 123 cm³/mol. The lowest BCUT2D eigenvalue weighted by Gasteiger charge is -2.22. The Kier molecular flexibility index (Phi) is 9.19. The van der Waals surface area contributed by atoms with Crippen LogP contribution in [0, 0.1) is 25.7 Å². The number of hydrogen-bond donors (Lipinski definition) is 0. The number of aromatic nitrogens is 2. The maximum absolute atomic E-state index is 5.10. The van der Waals surface area contributed by atoms with Crippen molar-refractivity contribution in [1.29, 1.82) is 0 Å². The van der Waals surface area contributed by atoms with Crippen molar-refractivity contribution in [2.45, 2.75) is 66.7 Å². The summed E-state index contributed by atoms with van der Waals surface area (Å²) in [5.41, 5.74) is 7.13. The molecule has 0 radical (unpaired) electrons. The smallest absolute Gasteiger partial charge is 0.131 e. The monoisotopic (exact) mass is 379 g/mol. The summed E-state index contributed by atoms with van der Waals surface area (Å²) in [6.45, 7) is 13.3. The Labute approximate surface area is 172 Å². The molecular formula is C25H37N3. The molecule has 28 heavy (non-hydrogen) atoms. The minimum absolute atomic E-state index is 0.443. The van der Waals surface area contributed by atoms with Crippen molar-refractivity contribution >= 4 is 5.82 Å². The SMILES string of the molecule is C#C.CCc1nc(C(C)C)ccc1-c1nc(N(C)C)c(C[C@H](C)CC)cc1C. The zero-order valence-electron chi connectivity index (χ0n) is 19.0. The maximum atomic E-state index is 5.10. The predicted octanol–water partition coefficient (Wildman–Crippen LogP) is 6.04. The Hall–Kier alpha value is -2.34. The normalized spacial score (nSPS) is 11.7. The van der Waals surface area contributed by atoms with Crippen molar-refractivity contribution in [3.63, 3.8) is 0 Å². The number of hydrogen-bond acceptors (Lipinski definition) is 3. The second-order valence-electron chi connectivity index (χ2n) is 7.99. The standard InChI is InChI=1S/C23H35N3.C2H2/c1-9-16(5)13-18-14-17(6)22(25-23(18)26(7)8)19-11-12-21(15(3)4)24-20(19)10-2;1-2/h11-12,14-16H,9-10,13H2,1-8H3;1-2H/t16-;/m1./s1. The summed E-state index contributed by atoms with van der Waals surface area (Å²) in [6, 6.07) is 6.70. The molecule has 0 aliphatic heterocycles. The van der Waals surface area contributed by atoms with Gasteiger partial charge in [0.2, 0.25) is 0 Å². The van der Waals surface area contributed by atoms with Gasteiger partial charge in [-0.15, -0.1) is 12.8 Å². The van der Waals surface area contributed by atoms with E-state index in [0.717, 1.165) is 35.7 Å². The third-order valence-electron chi connectivity index (χ3n) is 5.14. The van der Waals surface area contributed by atoms with Gasteiger partial charge in [0.15, 0.2) is 0 Å². The molecule has 0 N–H and O–H groups in total. The Morgan fingerprint density at radius 2 is 1.68 bits per heavy atom. The molecule has 3 heteroatoms. The van der Waals surface area contributed by atoms with Gasteiger partial charge in [-0.25, -0.2) is 4.98 Å². The van der Waals surface area contributed by atoms with E-state index in [9.17, 15) is 0 Å². The lowest BCUT2D eigenvalue weighted by atomic mass is 9.95. The zero-order chi connectivity index (χ0) is 21.4. The van der Waals surface area contributed by atoms with Crippen LogP contribution in [0.4, 0.5) is 5.82 Å². The first-order valence-corrected chi connectivity index (χ1v) is 10.3. The van der Waals surface area contributed by atoms with Crippen LogP contribution in [0.3, 0.4) is 0 Å². The van der Waals surface area contributed by atoms with E-state index < -0.39 is 0 Å². The van der Waals surface area contributed by atoms with Crippen molar-refractivity contribution in [1.82, 2.24) is 9.97 Å². The Morgan fingerprint density at radius 3 is 2.18 bits per heavy atom. The Bertz CT molecular complexity index is 788. The molecule has 0 saturated heterocycles. The van der Waals surface area contributed by atoms with Gasteiger partial charge in [-0.1, -0.05) is 47.1 Å². The average Bonchev–Trinajstić information content (AvgIpc) is 2.68. The van der Waals surface area contributed by atoms with Gasteiger partial charge < -0.3 is 4.90 Å². The first-order chi connectivity index (χ1) is 13.3. The molecule has 2 rings (SSSR count). The van der Waals surface area contributed by atoms with Crippen LogP contribution >= 0.6 is 0 Å². The maximum Gasteiger partial charge on any atom is 0.131 e. The molecule has 3 nitrogen and oxygen atoms in total. The van der Waals surface area contributed by atoms with E-state index in [0.29, 0.717) is 11.8 Å². The molecule has 0 aliphatic rings. The molecule has 0 bridgehead atoms. The highest BCUT2D eigenvalue weighted by Crippen LogP contribution is 2.31. The quantitative estimate of drug-likeness (QED) is 0.549. The van der Waals surface area contributed by atoms with E-state index in [2.05, 4.69) is 91.6 Å². The van der Waals surface area contributed by atoms with Gasteiger partial charge in [0.25, 0.3) is 0 Å². The van der Waals surface area contributed by atoms with Gasteiger partial charge in [-0.2, -0.15) is 0 Å². The largest absolute Gasteiger partial charge is 0.362 e. The average molecular weight is 380 g/mol. The van der Waals surface area contributed by atoms with Crippen molar-refractivity contribution in [2.24, 2.45) is 5.92 Å². The number of anilines is 1. The Morgan fingerprint density at radius 1 is 1.04 bits per heavy atom. The van der Waals surface area contributed by atoms with Crippen LogP contribution in [0.2, 0.25) is 0 Å². The third kappa shape index (κ3) is 5.58. The van der Waals surface area contributed by atoms with Crippen molar-refractivity contribution < 1.29 is 0 Å². The minimum atomic E-state index is 0.443. The lowest BCUT2D eigenvalue weighted by Crippen LogP contribution is -2.16. The number of pyridine rings is 2. The van der Waals surface area contributed by atoms with Crippen LogP contribution < -0.4 is 4.90 Å². The van der Waals surface area contributed by atoms with Gasteiger partial charge in [0.1, 0.15) is 5.82 Å². The summed E-state index contributed by atoms with van der Waals surface area (Å²) in [5, 5.41) is 0. The topological polar surface area (TPSA) is 29.0 Å². The second kappa shape index (κ2) is 10.9. The van der Waals surface area contributed by atoms with E-state index in [1.807, 2.05) is 0 Å². The van der Waals surface area contributed by atoms with Crippen molar-refractivity contribution in [3.8, 4) is 24.1 Å². The molecule has 0 amide bonds. The molecule has 0 spiro atoms. The molecule has 2 heterocycles. The minimum Gasteiger partial charge on any atom is -0.362 e. The fourth-order valence-electron chi connectivity index (χ4n) is 3.31. The van der Waals surface area contributed by atoms with Crippen LogP contribution in [0.15, 0.2) is 18.2 Å². The summed E-state index contributed by atoms with van der Waals surface area (Å²) in [4.78, 5) is 12.2. The third-order valence-corrected chi connectivity index (χ3v) is 5.14. The summed E-state index contributed by atoms with van der Waals surface area (Å²) in [5.74, 6) is 2.19. The molecule has 0 fully saturated rings. The summed E-state index contributed by atoms with van der Waals surface area (Å²) < 4.78 is 0. The summed E-state index contributed by atoms with van der Waals surface area (Å²) in [7, 11) is 4.17. The molecule has 0 aromatic carbocycles. The lowest BCUT2D eigenvalue weighted by molar-refractivity contribution is 0.559. The van der Waals surface area contributed by atoms with E-state index in [1.165, 1.54) is 23.1 Å². The van der Waals surface area contributed by atoms with Crippen LogP contribution in [0.5, 0.6) is 0 Å². The summed E-state index contributed by atoms with van der Waals surface area (Å²) >= 11 is 0. The highest BCUT2D eigenvalue weighted by Gasteiger charge is 2.17. The molecule has 0 saturated carbocycles. The fourth-order valence-corrected chi connectivity index (χ4v) is 3.31. The number of rotatable bonds is 7. The van der Waals surface area contributed by atoms with Crippen LogP contribution in [0.25, 0.3) is 11.3 Å². The van der Waals surface area contributed by atoms with Gasteiger partial charge in [-0.3, -0.25) is 4.98 Å².